The second-order valence-electron chi connectivity index (χ2n) is 4.37. The Kier molecular flexibility index (Phi) is 4.91. The second-order valence-corrected chi connectivity index (χ2v) is 4.81. The summed E-state index contributed by atoms with van der Waals surface area (Å²) in [6.07, 6.45) is 1.94. The van der Waals surface area contributed by atoms with Crippen LogP contribution in [0.4, 0.5) is 0 Å². The number of halogens is 1. The van der Waals surface area contributed by atoms with Crippen LogP contribution >= 0.6 is 11.6 Å². The van der Waals surface area contributed by atoms with Gasteiger partial charge in [-0.2, -0.15) is 0 Å². The molecule has 0 radical (unpaired) electrons. The van der Waals surface area contributed by atoms with Gasteiger partial charge in [0.25, 0.3) is 0 Å². The van der Waals surface area contributed by atoms with E-state index in [0.29, 0.717) is 11.4 Å². The van der Waals surface area contributed by atoms with Crippen LogP contribution in [0.1, 0.15) is 11.1 Å². The first-order valence-electron chi connectivity index (χ1n) is 6.20. The van der Waals surface area contributed by atoms with Gasteiger partial charge in [0.2, 0.25) is 0 Å². The molecule has 0 amide bonds. The molecule has 0 saturated heterocycles. The molecule has 20 heavy (non-hydrogen) atoms. The zero-order valence-corrected chi connectivity index (χ0v) is 11.5. The highest BCUT2D eigenvalue weighted by molar-refractivity contribution is 6.30. The van der Waals surface area contributed by atoms with Crippen LogP contribution < -0.4 is 0 Å². The van der Waals surface area contributed by atoms with Crippen molar-refractivity contribution in [2.24, 2.45) is 4.99 Å². The summed E-state index contributed by atoms with van der Waals surface area (Å²) in [6, 6.07) is 15.8. The third-order valence-electron chi connectivity index (χ3n) is 2.83. The normalized spacial score (nSPS) is 12.4. The van der Waals surface area contributed by atoms with E-state index in [0.717, 1.165) is 11.1 Å². The molecule has 4 heteroatoms. The molecule has 1 N–H and O–H groups in total. The minimum absolute atomic E-state index is 0.375. The molecule has 3 nitrogen and oxygen atoms in total. The average Bonchev–Trinajstić information content (AvgIpc) is 2.46. The van der Waals surface area contributed by atoms with E-state index in [9.17, 15) is 9.90 Å². The van der Waals surface area contributed by atoms with Gasteiger partial charge in [-0.1, -0.05) is 54.1 Å². The lowest BCUT2D eigenvalue weighted by molar-refractivity contribution is -0.138. The maximum absolute atomic E-state index is 11.2. The Bertz CT molecular complexity index is 594. The number of hydrogen-bond donors (Lipinski definition) is 1. The summed E-state index contributed by atoms with van der Waals surface area (Å²) >= 11 is 5.79. The summed E-state index contributed by atoms with van der Waals surface area (Å²) in [5.41, 5.74) is 1.78. The number of carboxylic acid groups (broad SMARTS) is 1. The molecule has 1 unspecified atom stereocenters. The van der Waals surface area contributed by atoms with Crippen molar-refractivity contribution in [2.75, 3.05) is 0 Å². The number of hydrogen-bond acceptors (Lipinski definition) is 2. The summed E-state index contributed by atoms with van der Waals surface area (Å²) in [4.78, 5) is 15.4. The van der Waals surface area contributed by atoms with Crippen LogP contribution in [0, 0.1) is 0 Å². The van der Waals surface area contributed by atoms with Gasteiger partial charge < -0.3 is 5.11 Å². The predicted molar refractivity (Wildman–Crippen MR) is 80.6 cm³/mol. The lowest BCUT2D eigenvalue weighted by Crippen LogP contribution is -2.20. The molecule has 0 aliphatic rings. The van der Waals surface area contributed by atoms with Crippen molar-refractivity contribution in [3.8, 4) is 0 Å². The van der Waals surface area contributed by atoms with Gasteiger partial charge in [-0.25, -0.2) is 4.79 Å². The summed E-state index contributed by atoms with van der Waals surface area (Å²) in [5.74, 6) is -0.931. The van der Waals surface area contributed by atoms with E-state index in [-0.39, 0.29) is 0 Å². The zero-order valence-electron chi connectivity index (χ0n) is 10.7. The van der Waals surface area contributed by atoms with E-state index in [1.54, 1.807) is 30.5 Å². The summed E-state index contributed by atoms with van der Waals surface area (Å²) < 4.78 is 0. The maximum Gasteiger partial charge on any atom is 0.328 e. The Morgan fingerprint density at radius 1 is 1.15 bits per heavy atom. The van der Waals surface area contributed by atoms with E-state index in [2.05, 4.69) is 4.99 Å². The standard InChI is InChI=1S/C16H14ClNO2/c17-14-8-6-13(7-9-14)11-18-15(16(19)20)10-12-4-2-1-3-5-12/h1-9,11,15H,10H2,(H,19,20)/b18-11+. The van der Waals surface area contributed by atoms with E-state index in [1.807, 2.05) is 30.3 Å². The van der Waals surface area contributed by atoms with Gasteiger partial charge in [0.15, 0.2) is 6.04 Å². The number of carboxylic acids is 1. The fraction of sp³-hybridized carbons (Fsp3) is 0.125. The number of aliphatic imine (C=N–C) groups is 1. The molecular formula is C16H14ClNO2. The van der Waals surface area contributed by atoms with E-state index in [1.165, 1.54) is 0 Å². The highest BCUT2D eigenvalue weighted by Gasteiger charge is 2.15. The molecule has 0 aliphatic carbocycles. The summed E-state index contributed by atoms with van der Waals surface area (Å²) in [6.45, 7) is 0. The lowest BCUT2D eigenvalue weighted by Gasteiger charge is -2.07. The van der Waals surface area contributed by atoms with Crippen molar-refractivity contribution in [3.05, 3.63) is 70.7 Å². The molecule has 0 saturated carbocycles. The molecule has 0 heterocycles. The van der Waals surface area contributed by atoms with Gasteiger partial charge in [0.1, 0.15) is 0 Å². The second kappa shape index (κ2) is 6.87. The Morgan fingerprint density at radius 2 is 1.80 bits per heavy atom. The number of aliphatic carboxylic acids is 1. The zero-order chi connectivity index (χ0) is 14.4. The summed E-state index contributed by atoms with van der Waals surface area (Å²) in [5, 5.41) is 9.86. The monoisotopic (exact) mass is 287 g/mol. The molecule has 0 fully saturated rings. The Labute approximate surface area is 122 Å². The number of nitrogens with zero attached hydrogens (tertiary/aromatic N) is 1. The minimum atomic E-state index is -0.931. The lowest BCUT2D eigenvalue weighted by atomic mass is 10.1. The first-order valence-corrected chi connectivity index (χ1v) is 6.58. The van der Waals surface area contributed by atoms with Crippen LogP contribution in [-0.4, -0.2) is 23.3 Å². The van der Waals surface area contributed by atoms with Crippen LogP contribution in [0.3, 0.4) is 0 Å². The number of benzene rings is 2. The number of carbonyl (C=O) groups is 1. The van der Waals surface area contributed by atoms with Crippen molar-refractivity contribution in [3.63, 3.8) is 0 Å². The van der Waals surface area contributed by atoms with Gasteiger partial charge in [-0.15, -0.1) is 0 Å². The highest BCUT2D eigenvalue weighted by atomic mass is 35.5. The Balaban J connectivity index is 2.09. The van der Waals surface area contributed by atoms with Crippen molar-refractivity contribution >= 4 is 23.8 Å². The molecule has 102 valence electrons. The van der Waals surface area contributed by atoms with Crippen molar-refractivity contribution in [1.82, 2.24) is 0 Å². The van der Waals surface area contributed by atoms with Crippen LogP contribution in [-0.2, 0) is 11.2 Å². The van der Waals surface area contributed by atoms with Gasteiger partial charge in [-0.3, -0.25) is 4.99 Å². The van der Waals surface area contributed by atoms with Crippen LogP contribution in [0.15, 0.2) is 59.6 Å². The quantitative estimate of drug-likeness (QED) is 0.856. The highest BCUT2D eigenvalue weighted by Crippen LogP contribution is 2.09. The van der Waals surface area contributed by atoms with Crippen LogP contribution in [0.5, 0.6) is 0 Å². The van der Waals surface area contributed by atoms with Gasteiger partial charge in [0.05, 0.1) is 0 Å². The number of rotatable bonds is 5. The van der Waals surface area contributed by atoms with Crippen molar-refractivity contribution in [1.29, 1.82) is 0 Å². The van der Waals surface area contributed by atoms with Crippen LogP contribution in [0.25, 0.3) is 0 Å². The largest absolute Gasteiger partial charge is 0.480 e. The molecule has 0 aromatic heterocycles. The molecule has 0 bridgehead atoms. The van der Waals surface area contributed by atoms with Gasteiger partial charge >= 0.3 is 5.97 Å². The first kappa shape index (κ1) is 14.3. The molecule has 2 aromatic carbocycles. The fourth-order valence-electron chi connectivity index (χ4n) is 1.77. The minimum Gasteiger partial charge on any atom is -0.480 e. The van der Waals surface area contributed by atoms with Crippen molar-refractivity contribution < 1.29 is 9.90 Å². The smallest absolute Gasteiger partial charge is 0.328 e. The van der Waals surface area contributed by atoms with Gasteiger partial charge in [-0.05, 0) is 23.3 Å². The van der Waals surface area contributed by atoms with Crippen molar-refractivity contribution in [2.45, 2.75) is 12.5 Å². The third kappa shape index (κ3) is 4.21. The fourth-order valence-corrected chi connectivity index (χ4v) is 1.89. The Hall–Kier alpha value is -2.13. The molecule has 0 aliphatic heterocycles. The van der Waals surface area contributed by atoms with E-state index < -0.39 is 12.0 Å². The summed E-state index contributed by atoms with van der Waals surface area (Å²) in [7, 11) is 0. The molecule has 0 spiro atoms. The third-order valence-corrected chi connectivity index (χ3v) is 3.08. The molecule has 2 rings (SSSR count). The molecule has 2 aromatic rings. The first-order chi connectivity index (χ1) is 9.65. The Morgan fingerprint density at radius 3 is 2.40 bits per heavy atom. The predicted octanol–water partition coefficient (Wildman–Crippen LogP) is 3.45. The topological polar surface area (TPSA) is 49.7 Å². The van der Waals surface area contributed by atoms with Crippen LogP contribution in [0.2, 0.25) is 5.02 Å². The van der Waals surface area contributed by atoms with Gasteiger partial charge in [0, 0.05) is 17.7 Å². The maximum atomic E-state index is 11.2. The SMILES string of the molecule is O=C(O)C(Cc1ccccc1)/N=C/c1ccc(Cl)cc1. The molecule has 1 atom stereocenters. The average molecular weight is 288 g/mol. The van der Waals surface area contributed by atoms with E-state index >= 15 is 0 Å². The molecular weight excluding hydrogens is 274 g/mol. The van der Waals surface area contributed by atoms with E-state index in [4.69, 9.17) is 11.6 Å².